The van der Waals surface area contributed by atoms with Crippen LogP contribution in [-0.4, -0.2) is 36.4 Å². The van der Waals surface area contributed by atoms with Crippen LogP contribution in [0.3, 0.4) is 0 Å². The molecule has 2 unspecified atom stereocenters. The van der Waals surface area contributed by atoms with Crippen LogP contribution in [0.15, 0.2) is 36.6 Å². The Balaban J connectivity index is 0.00000144. The van der Waals surface area contributed by atoms with Crippen molar-refractivity contribution in [3.63, 3.8) is 0 Å². The van der Waals surface area contributed by atoms with Crippen molar-refractivity contribution in [1.29, 1.82) is 0 Å². The lowest BCUT2D eigenvalue weighted by Crippen LogP contribution is -2.54. The number of amides is 1. The fourth-order valence-corrected chi connectivity index (χ4v) is 3.19. The van der Waals surface area contributed by atoms with Crippen LogP contribution in [0.4, 0.5) is 8.78 Å². The maximum Gasteiger partial charge on any atom is 0.259 e. The zero-order valence-corrected chi connectivity index (χ0v) is 12.4. The van der Waals surface area contributed by atoms with E-state index in [2.05, 4.69) is 17.6 Å². The summed E-state index contributed by atoms with van der Waals surface area (Å²) in [5.74, 6) is -4.72. The largest absolute Gasteiger partial charge is 0.316 e. The van der Waals surface area contributed by atoms with E-state index >= 15 is 0 Å². The lowest BCUT2D eigenvalue weighted by Gasteiger charge is -2.38. The van der Waals surface area contributed by atoms with Crippen LogP contribution in [0, 0.1) is 11.8 Å². The van der Waals surface area contributed by atoms with Gasteiger partial charge in [-0.1, -0.05) is 39.1 Å². The Hall–Kier alpha value is -1.97. The van der Waals surface area contributed by atoms with E-state index in [1.165, 1.54) is 11.8 Å². The Morgan fingerprint density at radius 2 is 2.04 bits per heavy atom. The Bertz CT molecular complexity index is 671. The van der Waals surface area contributed by atoms with Gasteiger partial charge in [0.2, 0.25) is 0 Å². The standard InChI is InChI=1S/C17H18F2N2O.CH4.H2/c1-3-15-13-6-4-5-7-14(13)16(22)21(15)10-12-9-20-8-11(2)17(12,18)19;;/h4-7,11-12,20H,1,8-10H2,2H3;1H4;1H. The molecule has 1 amide bonds. The molecule has 2 aliphatic heterocycles. The summed E-state index contributed by atoms with van der Waals surface area (Å²) >= 11 is 0. The molecule has 2 heterocycles. The van der Waals surface area contributed by atoms with Gasteiger partial charge in [0.1, 0.15) is 0 Å². The summed E-state index contributed by atoms with van der Waals surface area (Å²) < 4.78 is 28.8. The third-order valence-electron chi connectivity index (χ3n) is 4.54. The average molecular weight is 322 g/mol. The number of hydrogen-bond donors (Lipinski definition) is 1. The topological polar surface area (TPSA) is 32.3 Å². The zero-order valence-electron chi connectivity index (χ0n) is 12.4. The van der Waals surface area contributed by atoms with E-state index in [4.69, 9.17) is 0 Å². The van der Waals surface area contributed by atoms with Crippen molar-refractivity contribution in [2.24, 2.45) is 11.8 Å². The van der Waals surface area contributed by atoms with Crippen LogP contribution in [0.2, 0.25) is 0 Å². The minimum atomic E-state index is -2.80. The Kier molecular flexibility index (Phi) is 4.73. The molecule has 23 heavy (non-hydrogen) atoms. The number of nitrogens with zero attached hydrogens (tertiary/aromatic N) is 1. The molecule has 0 aromatic heterocycles. The highest BCUT2D eigenvalue weighted by atomic mass is 19.3. The van der Waals surface area contributed by atoms with Gasteiger partial charge in [-0.2, -0.15) is 0 Å². The van der Waals surface area contributed by atoms with Crippen molar-refractivity contribution in [2.45, 2.75) is 20.3 Å². The Morgan fingerprint density at radius 1 is 1.39 bits per heavy atom. The first kappa shape index (κ1) is 17.4. The third kappa shape index (κ3) is 2.71. The fourth-order valence-electron chi connectivity index (χ4n) is 3.19. The average Bonchev–Trinajstić information content (AvgIpc) is 2.77. The lowest BCUT2D eigenvalue weighted by atomic mass is 9.86. The second-order valence-corrected chi connectivity index (χ2v) is 5.92. The molecule has 3 nitrogen and oxygen atoms in total. The van der Waals surface area contributed by atoms with Gasteiger partial charge in [-0.15, -0.1) is 5.73 Å². The monoisotopic (exact) mass is 322 g/mol. The summed E-state index contributed by atoms with van der Waals surface area (Å²) in [6.45, 7) is 5.60. The first-order chi connectivity index (χ1) is 10.5. The summed E-state index contributed by atoms with van der Waals surface area (Å²) in [6.07, 6.45) is 0. The smallest absolute Gasteiger partial charge is 0.259 e. The minimum absolute atomic E-state index is 0. The zero-order chi connectivity index (χ0) is 15.9. The summed E-state index contributed by atoms with van der Waals surface area (Å²) in [6, 6.07) is 7.07. The van der Waals surface area contributed by atoms with Gasteiger partial charge in [0.25, 0.3) is 11.8 Å². The Morgan fingerprint density at radius 3 is 2.70 bits per heavy atom. The van der Waals surface area contributed by atoms with Gasteiger partial charge >= 0.3 is 0 Å². The molecule has 0 bridgehead atoms. The summed E-state index contributed by atoms with van der Waals surface area (Å²) in [7, 11) is 0. The predicted octanol–water partition coefficient (Wildman–Crippen LogP) is 3.64. The normalized spacial score (nSPS) is 25.6. The van der Waals surface area contributed by atoms with E-state index in [1.54, 1.807) is 18.2 Å². The van der Waals surface area contributed by atoms with Crippen molar-refractivity contribution in [2.75, 3.05) is 19.6 Å². The first-order valence-corrected chi connectivity index (χ1v) is 7.36. The van der Waals surface area contributed by atoms with Crippen LogP contribution in [0.1, 0.15) is 31.7 Å². The van der Waals surface area contributed by atoms with Gasteiger partial charge < -0.3 is 10.2 Å². The summed E-state index contributed by atoms with van der Waals surface area (Å²) in [5, 5.41) is 3.02. The number of alkyl halides is 2. The van der Waals surface area contributed by atoms with Crippen LogP contribution in [0.5, 0.6) is 0 Å². The molecule has 0 radical (unpaired) electrons. The van der Waals surface area contributed by atoms with E-state index in [1.807, 2.05) is 6.07 Å². The van der Waals surface area contributed by atoms with Crippen LogP contribution >= 0.6 is 0 Å². The molecule has 1 aromatic rings. The third-order valence-corrected chi connectivity index (χ3v) is 4.54. The number of carbonyl (C=O) groups is 1. The van der Waals surface area contributed by atoms with Gasteiger partial charge in [0.15, 0.2) is 0 Å². The Labute approximate surface area is 137 Å². The van der Waals surface area contributed by atoms with Crippen LogP contribution < -0.4 is 5.32 Å². The molecule has 1 fully saturated rings. The quantitative estimate of drug-likeness (QED) is 0.843. The van der Waals surface area contributed by atoms with E-state index in [0.29, 0.717) is 23.4 Å². The van der Waals surface area contributed by atoms with Gasteiger partial charge in [-0.05, 0) is 6.07 Å². The number of halogens is 2. The van der Waals surface area contributed by atoms with Crippen LogP contribution in [-0.2, 0) is 0 Å². The highest BCUT2D eigenvalue weighted by molar-refractivity contribution is 6.09. The lowest BCUT2D eigenvalue weighted by molar-refractivity contribution is -0.119. The number of fused-ring (bicyclic) bond motifs is 1. The first-order valence-electron chi connectivity index (χ1n) is 7.36. The molecule has 1 N–H and O–H groups in total. The van der Waals surface area contributed by atoms with Crippen LogP contribution in [0.25, 0.3) is 5.70 Å². The van der Waals surface area contributed by atoms with E-state index in [-0.39, 0.29) is 27.8 Å². The number of piperidine rings is 1. The number of benzene rings is 1. The molecule has 0 spiro atoms. The second kappa shape index (κ2) is 6.26. The maximum absolute atomic E-state index is 14.4. The van der Waals surface area contributed by atoms with Gasteiger partial charge in [0.05, 0.1) is 11.6 Å². The molecular formula is C18H24F2N2O. The molecule has 2 aliphatic rings. The van der Waals surface area contributed by atoms with E-state index in [0.717, 1.165) is 0 Å². The fraction of sp³-hybridized carbons (Fsp3) is 0.444. The number of rotatable bonds is 2. The summed E-state index contributed by atoms with van der Waals surface area (Å²) in [5.41, 5.74) is 4.46. The van der Waals surface area contributed by atoms with Crippen molar-refractivity contribution in [1.82, 2.24) is 10.2 Å². The van der Waals surface area contributed by atoms with Crippen molar-refractivity contribution >= 4 is 11.6 Å². The van der Waals surface area contributed by atoms with Gasteiger partial charge in [-0.3, -0.25) is 4.79 Å². The van der Waals surface area contributed by atoms with Crippen molar-refractivity contribution < 1.29 is 15.0 Å². The molecule has 1 saturated heterocycles. The molecule has 2 atom stereocenters. The molecule has 0 saturated carbocycles. The maximum atomic E-state index is 14.4. The minimum Gasteiger partial charge on any atom is -0.316 e. The molecule has 1 aromatic carbocycles. The van der Waals surface area contributed by atoms with Gasteiger partial charge in [-0.25, -0.2) is 8.78 Å². The van der Waals surface area contributed by atoms with Crippen molar-refractivity contribution in [3.8, 4) is 0 Å². The molecule has 5 heteroatoms. The number of hydrogen-bond acceptors (Lipinski definition) is 2. The number of nitrogens with one attached hydrogen (secondary N) is 1. The highest BCUT2D eigenvalue weighted by Crippen LogP contribution is 2.39. The molecule has 126 valence electrons. The molecule has 0 aliphatic carbocycles. The summed E-state index contributed by atoms with van der Waals surface area (Å²) in [4.78, 5) is 13.9. The number of carbonyl (C=O) groups excluding carboxylic acids is 1. The van der Waals surface area contributed by atoms with Crippen molar-refractivity contribution in [3.05, 3.63) is 47.7 Å². The molecule has 3 rings (SSSR count). The van der Waals surface area contributed by atoms with Gasteiger partial charge in [0, 0.05) is 38.1 Å². The SMILES string of the molecule is C.C=C=C1c2ccccc2C(=O)N1CC1CNCC(C)C1(F)F.[HH]. The predicted molar refractivity (Wildman–Crippen MR) is 89.3 cm³/mol. The second-order valence-electron chi connectivity index (χ2n) is 5.92. The highest BCUT2D eigenvalue weighted by Gasteiger charge is 2.49. The van der Waals surface area contributed by atoms with E-state index < -0.39 is 17.8 Å². The molecular weight excluding hydrogens is 298 g/mol. The van der Waals surface area contributed by atoms with E-state index in [9.17, 15) is 13.6 Å².